The van der Waals surface area contributed by atoms with E-state index in [0.29, 0.717) is 69.4 Å². The number of nitrogens with one attached hydrogen (secondary N) is 1. The van der Waals surface area contributed by atoms with Gasteiger partial charge in [-0.05, 0) is 36.6 Å². The zero-order valence-corrected chi connectivity index (χ0v) is 24.6. The van der Waals surface area contributed by atoms with Crippen molar-refractivity contribution in [2.75, 3.05) is 56.2 Å². The Balaban J connectivity index is 1.53. The number of aliphatic hydroxyl groups is 1. The summed E-state index contributed by atoms with van der Waals surface area (Å²) in [6.07, 6.45) is -1.88. The van der Waals surface area contributed by atoms with Crippen LogP contribution in [0, 0.1) is 0 Å². The molecule has 3 aromatic rings. The molecule has 2 amide bonds. The number of carbonyl (C=O) groups excluding carboxylic acids is 2. The number of hydrogen-bond donors (Lipinski definition) is 2. The van der Waals surface area contributed by atoms with Crippen molar-refractivity contribution in [2.45, 2.75) is 38.9 Å². The first-order valence-electron chi connectivity index (χ1n) is 14.1. The van der Waals surface area contributed by atoms with E-state index in [9.17, 15) is 27.6 Å². The highest BCUT2D eigenvalue weighted by Gasteiger charge is 2.32. The molecule has 1 aromatic carbocycles. The number of nitrogens with zero attached hydrogens (tertiary/aromatic N) is 6. The van der Waals surface area contributed by atoms with Gasteiger partial charge in [-0.1, -0.05) is 24.6 Å². The SMILES string of the molecule is CCc1c(N2CCN(C(=O)CCO)CC2)c(=O)n2nc(C3=CCOCC3)nc2n1CC(=O)Nc1ccc(C(F)(F)F)cc1Cl. The second-order valence-electron chi connectivity index (χ2n) is 10.3. The van der Waals surface area contributed by atoms with Crippen molar-refractivity contribution >= 4 is 46.1 Å². The summed E-state index contributed by atoms with van der Waals surface area (Å²) in [5, 5.41) is 15.9. The van der Waals surface area contributed by atoms with Gasteiger partial charge in [-0.15, -0.1) is 5.10 Å². The van der Waals surface area contributed by atoms with Crippen LogP contribution in [-0.2, 0) is 33.5 Å². The molecule has 1 saturated heterocycles. The summed E-state index contributed by atoms with van der Waals surface area (Å²) in [6, 6.07) is 2.65. The molecule has 16 heteroatoms. The number of benzene rings is 1. The van der Waals surface area contributed by atoms with Crippen molar-refractivity contribution in [3.63, 3.8) is 0 Å². The number of aliphatic hydroxyl groups excluding tert-OH is 1. The summed E-state index contributed by atoms with van der Waals surface area (Å²) < 4.78 is 47.4. The lowest BCUT2D eigenvalue weighted by molar-refractivity contribution is -0.137. The van der Waals surface area contributed by atoms with Crippen LogP contribution in [0.4, 0.5) is 24.5 Å². The lowest BCUT2D eigenvalue weighted by Gasteiger charge is -2.36. The predicted molar refractivity (Wildman–Crippen MR) is 156 cm³/mol. The van der Waals surface area contributed by atoms with Crippen molar-refractivity contribution < 1.29 is 32.6 Å². The van der Waals surface area contributed by atoms with Crippen LogP contribution in [0.3, 0.4) is 0 Å². The smallest absolute Gasteiger partial charge is 0.396 e. The number of ether oxygens (including phenoxy) is 1. The zero-order valence-electron chi connectivity index (χ0n) is 23.9. The number of alkyl halides is 3. The van der Waals surface area contributed by atoms with Gasteiger partial charge >= 0.3 is 6.18 Å². The van der Waals surface area contributed by atoms with Gasteiger partial charge in [0.25, 0.3) is 5.56 Å². The molecule has 44 heavy (non-hydrogen) atoms. The zero-order chi connectivity index (χ0) is 31.6. The molecule has 5 rings (SSSR count). The number of amides is 2. The van der Waals surface area contributed by atoms with Crippen LogP contribution in [-0.4, -0.2) is 87.0 Å². The number of piperazine rings is 1. The summed E-state index contributed by atoms with van der Waals surface area (Å²) in [4.78, 5) is 47.7. The first kappa shape index (κ1) is 31.5. The maximum Gasteiger partial charge on any atom is 0.416 e. The number of hydrogen-bond acceptors (Lipinski definition) is 8. The molecule has 236 valence electrons. The fourth-order valence-electron chi connectivity index (χ4n) is 5.35. The Morgan fingerprint density at radius 2 is 1.93 bits per heavy atom. The fraction of sp³-hybridized carbons (Fsp3) is 0.464. The molecule has 0 saturated carbocycles. The van der Waals surface area contributed by atoms with Crippen LogP contribution in [0.15, 0.2) is 29.1 Å². The molecule has 2 aromatic heterocycles. The van der Waals surface area contributed by atoms with Gasteiger partial charge in [0.15, 0.2) is 5.82 Å². The maximum absolute atomic E-state index is 13.9. The number of anilines is 2. The van der Waals surface area contributed by atoms with E-state index < -0.39 is 23.2 Å². The molecule has 12 nitrogen and oxygen atoms in total. The molecule has 0 bridgehead atoms. The van der Waals surface area contributed by atoms with E-state index in [1.807, 2.05) is 17.9 Å². The Kier molecular flexibility index (Phi) is 9.27. The van der Waals surface area contributed by atoms with Gasteiger partial charge in [-0.25, -0.2) is 0 Å². The quantitative estimate of drug-likeness (QED) is 0.385. The molecule has 0 aliphatic carbocycles. The monoisotopic (exact) mass is 637 g/mol. The second-order valence-corrected chi connectivity index (χ2v) is 10.7. The summed E-state index contributed by atoms with van der Waals surface area (Å²) in [5.41, 5.74) is 0.233. The van der Waals surface area contributed by atoms with E-state index in [2.05, 4.69) is 15.4 Å². The van der Waals surface area contributed by atoms with Crippen molar-refractivity contribution in [1.82, 2.24) is 24.1 Å². The number of carbonyl (C=O) groups is 2. The number of aromatic nitrogens is 4. The largest absolute Gasteiger partial charge is 0.416 e. The van der Waals surface area contributed by atoms with Crippen LogP contribution in [0.5, 0.6) is 0 Å². The molecule has 2 aliphatic rings. The highest BCUT2D eigenvalue weighted by molar-refractivity contribution is 6.33. The third-order valence-corrected chi connectivity index (χ3v) is 7.87. The normalized spacial score (nSPS) is 15.9. The lowest BCUT2D eigenvalue weighted by Crippen LogP contribution is -2.51. The Morgan fingerprint density at radius 1 is 1.18 bits per heavy atom. The van der Waals surface area contributed by atoms with E-state index in [0.717, 1.165) is 28.3 Å². The van der Waals surface area contributed by atoms with Crippen molar-refractivity contribution in [2.24, 2.45) is 0 Å². The van der Waals surface area contributed by atoms with Crippen LogP contribution >= 0.6 is 11.6 Å². The topological polar surface area (TPSA) is 134 Å². The van der Waals surface area contributed by atoms with Crippen LogP contribution in [0.1, 0.15) is 36.8 Å². The minimum absolute atomic E-state index is 0.00168. The van der Waals surface area contributed by atoms with E-state index >= 15 is 0 Å². The molecule has 4 heterocycles. The first-order valence-corrected chi connectivity index (χ1v) is 14.5. The third-order valence-electron chi connectivity index (χ3n) is 7.56. The van der Waals surface area contributed by atoms with Gasteiger partial charge in [-0.2, -0.15) is 22.7 Å². The third kappa shape index (κ3) is 6.44. The highest BCUT2D eigenvalue weighted by atomic mass is 35.5. The van der Waals surface area contributed by atoms with E-state index in [1.165, 1.54) is 0 Å². The number of fused-ring (bicyclic) bond motifs is 1. The van der Waals surface area contributed by atoms with E-state index in [1.54, 1.807) is 9.47 Å². The molecule has 1 fully saturated rings. The van der Waals surface area contributed by atoms with E-state index in [4.69, 9.17) is 21.4 Å². The molecule has 0 spiro atoms. The lowest BCUT2D eigenvalue weighted by atomic mass is 10.1. The van der Waals surface area contributed by atoms with E-state index in [-0.39, 0.29) is 42.0 Å². The van der Waals surface area contributed by atoms with Crippen LogP contribution in [0.25, 0.3) is 11.4 Å². The van der Waals surface area contributed by atoms with Crippen molar-refractivity contribution in [1.29, 1.82) is 0 Å². The van der Waals surface area contributed by atoms with Gasteiger partial charge in [0, 0.05) is 32.6 Å². The summed E-state index contributed by atoms with van der Waals surface area (Å²) in [7, 11) is 0. The molecule has 0 atom stereocenters. The maximum atomic E-state index is 13.9. The van der Waals surface area contributed by atoms with Crippen LogP contribution in [0.2, 0.25) is 5.02 Å². The van der Waals surface area contributed by atoms with Crippen LogP contribution < -0.4 is 15.8 Å². The predicted octanol–water partition coefficient (Wildman–Crippen LogP) is 2.60. The minimum atomic E-state index is -4.59. The molecule has 0 unspecified atom stereocenters. The Hall–Kier alpha value is -3.95. The van der Waals surface area contributed by atoms with Gasteiger partial charge in [0.2, 0.25) is 17.6 Å². The molecule has 0 radical (unpaired) electrons. The molecular formula is C28H31ClF3N7O5. The van der Waals surface area contributed by atoms with Gasteiger partial charge in [0.1, 0.15) is 12.2 Å². The Labute approximate surface area is 254 Å². The van der Waals surface area contributed by atoms with Crippen molar-refractivity contribution in [3.8, 4) is 0 Å². The first-order chi connectivity index (χ1) is 21.0. The second kappa shape index (κ2) is 13.0. The summed E-state index contributed by atoms with van der Waals surface area (Å²) >= 11 is 6.07. The minimum Gasteiger partial charge on any atom is -0.396 e. The summed E-state index contributed by atoms with van der Waals surface area (Å²) in [5.74, 6) is -0.334. The molecule has 2 aliphatic heterocycles. The van der Waals surface area contributed by atoms with Crippen molar-refractivity contribution in [3.05, 3.63) is 56.7 Å². The molecular weight excluding hydrogens is 607 g/mol. The standard InChI is InChI=1S/C28H31ClF3N7O5/c1-2-21-24(37-10-8-36(9-11-37)23(42)5-12-40)26(43)39-27(34-25(35-39)17-6-13-44-14-7-17)38(21)16-22(41)33-20-4-3-18(15-19(20)29)28(30,31)32/h3-4,6,15,40H,2,5,7-14,16H2,1H3,(H,33,41). The average Bonchev–Trinajstić information content (AvgIpc) is 3.46. The van der Waals surface area contributed by atoms with Gasteiger partial charge < -0.3 is 29.5 Å². The Bertz CT molecular complexity index is 1660. The fourth-order valence-corrected chi connectivity index (χ4v) is 5.58. The summed E-state index contributed by atoms with van der Waals surface area (Å²) in [6.45, 7) is 3.41. The number of rotatable bonds is 8. The molecule has 2 N–H and O–H groups in total. The van der Waals surface area contributed by atoms with Gasteiger partial charge in [-0.3, -0.25) is 14.4 Å². The Morgan fingerprint density at radius 3 is 2.55 bits per heavy atom. The van der Waals surface area contributed by atoms with Gasteiger partial charge in [0.05, 0.1) is 41.8 Å². The number of halogens is 4. The highest BCUT2D eigenvalue weighted by Crippen LogP contribution is 2.34. The average molecular weight is 638 g/mol.